The van der Waals surface area contributed by atoms with E-state index in [-0.39, 0.29) is 11.7 Å². The number of rotatable bonds is 11. The fourth-order valence-corrected chi connectivity index (χ4v) is 3.77. The zero-order chi connectivity index (χ0) is 23.1. The highest BCUT2D eigenvalue weighted by molar-refractivity contribution is 5.36. The van der Waals surface area contributed by atoms with E-state index in [9.17, 15) is 13.2 Å². The summed E-state index contributed by atoms with van der Waals surface area (Å²) in [5.74, 6) is 0.551. The van der Waals surface area contributed by atoms with Crippen molar-refractivity contribution in [3.8, 4) is 5.75 Å². The molecule has 0 bridgehead atoms. The van der Waals surface area contributed by atoms with Gasteiger partial charge in [-0.1, -0.05) is 38.1 Å². The van der Waals surface area contributed by atoms with Crippen LogP contribution in [0.5, 0.6) is 5.75 Å². The Kier molecular flexibility index (Phi) is 8.12. The number of nitrogens with one attached hydrogen (secondary N) is 2. The van der Waals surface area contributed by atoms with Crippen LogP contribution < -0.4 is 21.1 Å². The van der Waals surface area contributed by atoms with Gasteiger partial charge in [0.2, 0.25) is 0 Å². The molecular formula is C24H33F3N4O. The number of hydrogen-bond acceptors (Lipinski definition) is 5. The lowest BCUT2D eigenvalue weighted by atomic mass is 10.1. The Morgan fingerprint density at radius 1 is 1.28 bits per heavy atom. The summed E-state index contributed by atoms with van der Waals surface area (Å²) in [7, 11) is 0. The van der Waals surface area contributed by atoms with Crippen LogP contribution in [0.15, 0.2) is 60.1 Å². The number of alkyl halides is 3. The Balaban J connectivity index is 1.67. The highest BCUT2D eigenvalue weighted by Gasteiger charge is 2.40. The van der Waals surface area contributed by atoms with Gasteiger partial charge in [-0.05, 0) is 43.0 Å². The van der Waals surface area contributed by atoms with Gasteiger partial charge < -0.3 is 26.0 Å². The second-order valence-electron chi connectivity index (χ2n) is 8.33. The van der Waals surface area contributed by atoms with E-state index in [4.69, 9.17) is 10.5 Å². The fourth-order valence-electron chi connectivity index (χ4n) is 3.77. The molecule has 0 radical (unpaired) electrons. The molecule has 0 aromatic heterocycles. The van der Waals surface area contributed by atoms with E-state index >= 15 is 0 Å². The molecule has 8 heteroatoms. The van der Waals surface area contributed by atoms with E-state index in [2.05, 4.69) is 41.2 Å². The lowest BCUT2D eigenvalue weighted by Gasteiger charge is -2.27. The predicted molar refractivity (Wildman–Crippen MR) is 121 cm³/mol. The molecule has 1 aliphatic heterocycles. The van der Waals surface area contributed by atoms with Crippen molar-refractivity contribution in [2.45, 2.75) is 57.4 Å². The standard InChI is InChI=1S/C24H33F3N4O/c1-3-4-5-21-22(31(19-8-9-19)23(30-21)16-29-15-17(2)28)12-13-32-20-10-6-18(7-11-20)14-24(25,26)27/h5-7,10-12,19,23,29-30H,2-4,8-9,13-16,28H2,1H3/b21-5+,22-12+. The predicted octanol–water partition coefficient (Wildman–Crippen LogP) is 4.19. The lowest BCUT2D eigenvalue weighted by Crippen LogP contribution is -2.45. The first kappa shape index (κ1) is 24.0. The molecule has 1 unspecified atom stereocenters. The first-order chi connectivity index (χ1) is 15.3. The molecule has 1 saturated carbocycles. The van der Waals surface area contributed by atoms with E-state index in [0.29, 0.717) is 30.6 Å². The maximum Gasteiger partial charge on any atom is 0.393 e. The summed E-state index contributed by atoms with van der Waals surface area (Å²) in [5, 5.41) is 6.97. The van der Waals surface area contributed by atoms with Crippen LogP contribution >= 0.6 is 0 Å². The zero-order valence-corrected chi connectivity index (χ0v) is 18.5. The van der Waals surface area contributed by atoms with Gasteiger partial charge in [-0.25, -0.2) is 0 Å². The Morgan fingerprint density at radius 3 is 2.59 bits per heavy atom. The SMILES string of the molecule is C=C(N)CNCC1NC(=C/CCC)/C(=C\COc2ccc(CC(F)(F)F)cc2)N1C1CC1. The van der Waals surface area contributed by atoms with Crippen molar-refractivity contribution in [3.05, 3.63) is 65.7 Å². The van der Waals surface area contributed by atoms with E-state index < -0.39 is 12.6 Å². The lowest BCUT2D eigenvalue weighted by molar-refractivity contribution is -0.127. The van der Waals surface area contributed by atoms with Crippen LogP contribution in [0.2, 0.25) is 0 Å². The van der Waals surface area contributed by atoms with Gasteiger partial charge in [-0.2, -0.15) is 13.2 Å². The van der Waals surface area contributed by atoms with Gasteiger partial charge in [0, 0.05) is 24.8 Å². The number of benzene rings is 1. The summed E-state index contributed by atoms with van der Waals surface area (Å²) in [6.45, 7) is 7.51. The van der Waals surface area contributed by atoms with Crippen LogP contribution in [0.3, 0.4) is 0 Å². The number of allylic oxidation sites excluding steroid dienone is 1. The first-order valence-corrected chi connectivity index (χ1v) is 11.1. The molecule has 1 saturated heterocycles. The van der Waals surface area contributed by atoms with Gasteiger partial charge in [-0.15, -0.1) is 0 Å². The van der Waals surface area contributed by atoms with Crippen molar-refractivity contribution >= 4 is 0 Å². The molecule has 1 aliphatic carbocycles. The molecule has 2 fully saturated rings. The van der Waals surface area contributed by atoms with Gasteiger partial charge in [-0.3, -0.25) is 0 Å². The molecule has 1 heterocycles. The maximum absolute atomic E-state index is 12.5. The van der Waals surface area contributed by atoms with Gasteiger partial charge in [0.1, 0.15) is 18.5 Å². The van der Waals surface area contributed by atoms with Crippen LogP contribution in [-0.4, -0.2) is 43.0 Å². The fraction of sp³-hybridized carbons (Fsp3) is 0.500. The Labute approximate surface area is 188 Å². The normalized spacial score (nSPS) is 21.2. The topological polar surface area (TPSA) is 62.6 Å². The third-order valence-corrected chi connectivity index (χ3v) is 5.33. The number of hydrogen-bond donors (Lipinski definition) is 3. The second kappa shape index (κ2) is 10.8. The van der Waals surface area contributed by atoms with Crippen molar-refractivity contribution in [2.75, 3.05) is 19.7 Å². The minimum Gasteiger partial charge on any atom is -0.489 e. The molecule has 3 rings (SSSR count). The molecule has 4 N–H and O–H groups in total. The summed E-state index contributed by atoms with van der Waals surface area (Å²) < 4.78 is 43.4. The van der Waals surface area contributed by atoms with E-state index in [1.165, 1.54) is 12.1 Å². The number of unbranched alkanes of at least 4 members (excludes halogenated alkanes) is 1. The van der Waals surface area contributed by atoms with Crippen molar-refractivity contribution < 1.29 is 17.9 Å². The molecule has 0 amide bonds. The third-order valence-electron chi connectivity index (χ3n) is 5.33. The highest BCUT2D eigenvalue weighted by atomic mass is 19.4. The monoisotopic (exact) mass is 450 g/mol. The van der Waals surface area contributed by atoms with E-state index in [0.717, 1.165) is 43.6 Å². The van der Waals surface area contributed by atoms with Crippen LogP contribution in [0.4, 0.5) is 13.2 Å². The van der Waals surface area contributed by atoms with Gasteiger partial charge in [0.05, 0.1) is 17.8 Å². The Hall–Kier alpha value is -2.61. The minimum atomic E-state index is -4.21. The summed E-state index contributed by atoms with van der Waals surface area (Å²) >= 11 is 0. The largest absolute Gasteiger partial charge is 0.489 e. The van der Waals surface area contributed by atoms with E-state index in [1.54, 1.807) is 12.1 Å². The number of ether oxygens (including phenoxy) is 1. The molecule has 1 aromatic carbocycles. The molecule has 1 atom stereocenters. The molecule has 2 aliphatic rings. The number of halogens is 3. The van der Waals surface area contributed by atoms with Gasteiger partial charge >= 0.3 is 6.18 Å². The average molecular weight is 451 g/mol. The van der Waals surface area contributed by atoms with Gasteiger partial charge in [0.25, 0.3) is 0 Å². The van der Waals surface area contributed by atoms with Crippen LogP contribution in [0.1, 0.15) is 38.2 Å². The molecule has 1 aromatic rings. The summed E-state index contributed by atoms with van der Waals surface area (Å²) in [5.41, 5.74) is 8.73. The molecule has 176 valence electrons. The quantitative estimate of drug-likeness (QED) is 0.472. The van der Waals surface area contributed by atoms with E-state index in [1.807, 2.05) is 0 Å². The third kappa shape index (κ3) is 7.22. The molecular weight excluding hydrogens is 417 g/mol. The minimum absolute atomic E-state index is 0.123. The molecule has 32 heavy (non-hydrogen) atoms. The Bertz CT molecular complexity index is 829. The van der Waals surface area contributed by atoms with Crippen molar-refractivity contribution in [3.63, 3.8) is 0 Å². The first-order valence-electron chi connectivity index (χ1n) is 11.1. The van der Waals surface area contributed by atoms with Crippen molar-refractivity contribution in [1.82, 2.24) is 15.5 Å². The van der Waals surface area contributed by atoms with Crippen LogP contribution in [-0.2, 0) is 6.42 Å². The summed E-state index contributed by atoms with van der Waals surface area (Å²) in [6.07, 6.45) is 3.59. The Morgan fingerprint density at radius 2 is 2.00 bits per heavy atom. The second-order valence-corrected chi connectivity index (χ2v) is 8.33. The molecule has 5 nitrogen and oxygen atoms in total. The maximum atomic E-state index is 12.5. The van der Waals surface area contributed by atoms with Gasteiger partial charge in [0.15, 0.2) is 0 Å². The van der Waals surface area contributed by atoms with Crippen molar-refractivity contribution in [2.24, 2.45) is 5.73 Å². The number of nitrogens with zero attached hydrogens (tertiary/aromatic N) is 1. The zero-order valence-electron chi connectivity index (χ0n) is 18.5. The smallest absolute Gasteiger partial charge is 0.393 e. The van der Waals surface area contributed by atoms with Crippen LogP contribution in [0.25, 0.3) is 0 Å². The highest BCUT2D eigenvalue weighted by Crippen LogP contribution is 2.37. The number of nitrogens with two attached hydrogens (primary N) is 1. The molecule has 0 spiro atoms. The van der Waals surface area contributed by atoms with Crippen LogP contribution in [0, 0.1) is 0 Å². The summed E-state index contributed by atoms with van der Waals surface area (Å²) in [6, 6.07) is 6.60. The van der Waals surface area contributed by atoms with Crippen molar-refractivity contribution in [1.29, 1.82) is 0 Å². The summed E-state index contributed by atoms with van der Waals surface area (Å²) in [4.78, 5) is 2.41. The average Bonchev–Trinajstić information content (AvgIpc) is 3.49.